The molecule has 1 N–H and O–H groups in total. The van der Waals surface area contributed by atoms with Gasteiger partial charge in [0.05, 0.1) is 18.9 Å². The SMILES string of the molecule is OCc1ccc(OCCC2CCC2)nn1. The van der Waals surface area contributed by atoms with Crippen molar-refractivity contribution in [3.8, 4) is 5.88 Å². The van der Waals surface area contributed by atoms with E-state index in [2.05, 4.69) is 10.2 Å². The van der Waals surface area contributed by atoms with Gasteiger partial charge in [-0.3, -0.25) is 0 Å². The molecular weight excluding hydrogens is 192 g/mol. The lowest BCUT2D eigenvalue weighted by Crippen LogP contribution is -2.14. The van der Waals surface area contributed by atoms with Crippen LogP contribution in [0.5, 0.6) is 5.88 Å². The number of hydrogen-bond acceptors (Lipinski definition) is 4. The molecule has 2 rings (SSSR count). The molecule has 0 atom stereocenters. The average Bonchev–Trinajstić information content (AvgIpc) is 2.23. The summed E-state index contributed by atoms with van der Waals surface area (Å²) in [5.41, 5.74) is 0.571. The first-order valence-corrected chi connectivity index (χ1v) is 5.45. The van der Waals surface area contributed by atoms with Crippen molar-refractivity contribution in [2.75, 3.05) is 6.61 Å². The van der Waals surface area contributed by atoms with Crippen molar-refractivity contribution in [1.29, 1.82) is 0 Å². The van der Waals surface area contributed by atoms with Gasteiger partial charge in [0.2, 0.25) is 5.88 Å². The normalized spacial score (nSPS) is 16.1. The van der Waals surface area contributed by atoms with Gasteiger partial charge in [-0.15, -0.1) is 10.2 Å². The molecule has 0 spiro atoms. The fraction of sp³-hybridized carbons (Fsp3) is 0.636. The minimum Gasteiger partial charge on any atom is -0.477 e. The van der Waals surface area contributed by atoms with Crippen molar-refractivity contribution < 1.29 is 9.84 Å². The Morgan fingerprint density at radius 3 is 2.73 bits per heavy atom. The zero-order valence-corrected chi connectivity index (χ0v) is 8.72. The molecule has 0 aromatic carbocycles. The van der Waals surface area contributed by atoms with Gasteiger partial charge in [0, 0.05) is 6.07 Å². The van der Waals surface area contributed by atoms with Crippen LogP contribution in [0.15, 0.2) is 12.1 Å². The zero-order valence-electron chi connectivity index (χ0n) is 8.72. The van der Waals surface area contributed by atoms with Crippen molar-refractivity contribution in [3.05, 3.63) is 17.8 Å². The number of nitrogens with zero attached hydrogens (tertiary/aromatic N) is 2. The van der Waals surface area contributed by atoms with Crippen LogP contribution in [-0.2, 0) is 6.61 Å². The largest absolute Gasteiger partial charge is 0.477 e. The van der Waals surface area contributed by atoms with Crippen molar-refractivity contribution in [2.45, 2.75) is 32.3 Å². The molecule has 1 saturated carbocycles. The average molecular weight is 208 g/mol. The molecule has 15 heavy (non-hydrogen) atoms. The molecule has 0 saturated heterocycles. The quantitative estimate of drug-likeness (QED) is 0.797. The van der Waals surface area contributed by atoms with Crippen molar-refractivity contribution in [1.82, 2.24) is 10.2 Å². The van der Waals surface area contributed by atoms with E-state index in [1.807, 2.05) is 0 Å². The van der Waals surface area contributed by atoms with Crippen LogP contribution in [0.25, 0.3) is 0 Å². The Bertz CT molecular complexity index is 296. The van der Waals surface area contributed by atoms with Crippen LogP contribution in [-0.4, -0.2) is 21.9 Å². The third-order valence-corrected chi connectivity index (χ3v) is 2.86. The second-order valence-electron chi connectivity index (χ2n) is 3.96. The Hall–Kier alpha value is -1.16. The maximum absolute atomic E-state index is 8.77. The molecule has 82 valence electrons. The summed E-state index contributed by atoms with van der Waals surface area (Å²) in [5, 5.41) is 16.4. The minimum absolute atomic E-state index is 0.0741. The maximum atomic E-state index is 8.77. The van der Waals surface area contributed by atoms with E-state index in [9.17, 15) is 0 Å². The fourth-order valence-electron chi connectivity index (χ4n) is 1.62. The highest BCUT2D eigenvalue weighted by atomic mass is 16.5. The van der Waals surface area contributed by atoms with Crippen molar-refractivity contribution >= 4 is 0 Å². The molecule has 1 aliphatic rings. The lowest BCUT2D eigenvalue weighted by atomic mass is 9.83. The van der Waals surface area contributed by atoms with Gasteiger partial charge in [-0.05, 0) is 18.4 Å². The summed E-state index contributed by atoms with van der Waals surface area (Å²) in [6.45, 7) is 0.646. The fourth-order valence-corrected chi connectivity index (χ4v) is 1.62. The molecule has 1 heterocycles. The summed E-state index contributed by atoms with van der Waals surface area (Å²) in [5.74, 6) is 1.40. The van der Waals surface area contributed by atoms with Crippen LogP contribution in [0.3, 0.4) is 0 Å². The molecule has 1 aromatic heterocycles. The highest BCUT2D eigenvalue weighted by Crippen LogP contribution is 2.29. The summed E-state index contributed by atoms with van der Waals surface area (Å²) >= 11 is 0. The van der Waals surface area contributed by atoms with Gasteiger partial charge < -0.3 is 9.84 Å². The highest BCUT2D eigenvalue weighted by Gasteiger charge is 2.16. The molecule has 0 amide bonds. The van der Waals surface area contributed by atoms with Crippen molar-refractivity contribution in [3.63, 3.8) is 0 Å². The molecule has 0 bridgehead atoms. The first kappa shape index (κ1) is 10.4. The van der Waals surface area contributed by atoms with Crippen LogP contribution in [0.2, 0.25) is 0 Å². The summed E-state index contributed by atoms with van der Waals surface area (Å²) < 4.78 is 5.46. The predicted octanol–water partition coefficient (Wildman–Crippen LogP) is 1.54. The molecule has 1 aromatic rings. The molecule has 0 aliphatic heterocycles. The lowest BCUT2D eigenvalue weighted by molar-refractivity contribution is 0.215. The van der Waals surface area contributed by atoms with Crippen LogP contribution in [0, 0.1) is 5.92 Å². The Labute approximate surface area is 89.3 Å². The van der Waals surface area contributed by atoms with E-state index >= 15 is 0 Å². The van der Waals surface area contributed by atoms with E-state index < -0.39 is 0 Å². The van der Waals surface area contributed by atoms with E-state index in [0.717, 1.165) is 18.9 Å². The number of aliphatic hydroxyl groups is 1. The maximum Gasteiger partial charge on any atom is 0.233 e. The lowest BCUT2D eigenvalue weighted by Gasteiger charge is -2.24. The Morgan fingerprint density at radius 2 is 2.20 bits per heavy atom. The minimum atomic E-state index is -0.0741. The van der Waals surface area contributed by atoms with Gasteiger partial charge >= 0.3 is 0 Å². The summed E-state index contributed by atoms with van der Waals surface area (Å²) in [7, 11) is 0. The Balaban J connectivity index is 1.72. The van der Waals surface area contributed by atoms with E-state index in [1.165, 1.54) is 19.3 Å². The van der Waals surface area contributed by atoms with E-state index in [0.29, 0.717) is 11.6 Å². The van der Waals surface area contributed by atoms with Gasteiger partial charge in [0.1, 0.15) is 0 Å². The van der Waals surface area contributed by atoms with E-state index in [-0.39, 0.29) is 6.61 Å². The highest BCUT2D eigenvalue weighted by molar-refractivity contribution is 5.10. The molecule has 4 heteroatoms. The molecule has 1 fully saturated rings. The van der Waals surface area contributed by atoms with Gasteiger partial charge in [-0.2, -0.15) is 0 Å². The van der Waals surface area contributed by atoms with E-state index in [1.54, 1.807) is 12.1 Å². The number of rotatable bonds is 5. The Morgan fingerprint density at radius 1 is 1.33 bits per heavy atom. The summed E-state index contributed by atoms with van der Waals surface area (Å²) in [4.78, 5) is 0. The van der Waals surface area contributed by atoms with Gasteiger partial charge in [0.25, 0.3) is 0 Å². The standard InChI is InChI=1S/C11H16N2O2/c14-8-10-4-5-11(13-12-10)15-7-6-9-2-1-3-9/h4-5,9,14H,1-3,6-8H2. The van der Waals surface area contributed by atoms with Crippen LogP contribution >= 0.6 is 0 Å². The molecular formula is C11H16N2O2. The predicted molar refractivity (Wildman–Crippen MR) is 55.4 cm³/mol. The summed E-state index contributed by atoms with van der Waals surface area (Å²) in [6, 6.07) is 3.48. The van der Waals surface area contributed by atoms with Crippen LogP contribution in [0.4, 0.5) is 0 Å². The van der Waals surface area contributed by atoms with Gasteiger partial charge in [0.15, 0.2) is 0 Å². The third-order valence-electron chi connectivity index (χ3n) is 2.86. The zero-order chi connectivity index (χ0) is 10.5. The van der Waals surface area contributed by atoms with E-state index in [4.69, 9.17) is 9.84 Å². The van der Waals surface area contributed by atoms with Crippen LogP contribution in [0.1, 0.15) is 31.4 Å². The first-order valence-electron chi connectivity index (χ1n) is 5.45. The molecule has 1 aliphatic carbocycles. The second kappa shape index (κ2) is 5.07. The monoisotopic (exact) mass is 208 g/mol. The first-order chi connectivity index (χ1) is 7.38. The topological polar surface area (TPSA) is 55.2 Å². The smallest absolute Gasteiger partial charge is 0.233 e. The van der Waals surface area contributed by atoms with Gasteiger partial charge in [-0.1, -0.05) is 19.3 Å². The molecule has 4 nitrogen and oxygen atoms in total. The Kier molecular flexibility index (Phi) is 3.50. The second-order valence-corrected chi connectivity index (χ2v) is 3.96. The number of ether oxygens (including phenoxy) is 1. The van der Waals surface area contributed by atoms with Crippen LogP contribution < -0.4 is 4.74 Å². The van der Waals surface area contributed by atoms with Crippen molar-refractivity contribution in [2.24, 2.45) is 5.92 Å². The van der Waals surface area contributed by atoms with Gasteiger partial charge in [-0.25, -0.2) is 0 Å². The molecule has 0 radical (unpaired) electrons. The number of aromatic nitrogens is 2. The third kappa shape index (κ3) is 2.89. The number of aliphatic hydroxyl groups excluding tert-OH is 1. The molecule has 0 unspecified atom stereocenters. The summed E-state index contributed by atoms with van der Waals surface area (Å²) in [6.07, 6.45) is 5.18. The number of hydrogen-bond donors (Lipinski definition) is 1.